The number of amides is 1. The van der Waals surface area contributed by atoms with E-state index in [2.05, 4.69) is 41.8 Å². The van der Waals surface area contributed by atoms with Crippen molar-refractivity contribution in [1.29, 1.82) is 0 Å². The van der Waals surface area contributed by atoms with Crippen molar-refractivity contribution in [1.82, 2.24) is 9.97 Å². The number of nitrogens with zero attached hydrogens (tertiary/aromatic N) is 2. The molecule has 0 aliphatic rings. The van der Waals surface area contributed by atoms with Gasteiger partial charge in [-0.3, -0.25) is 14.8 Å². The van der Waals surface area contributed by atoms with Crippen LogP contribution in [0.15, 0.2) is 108 Å². The van der Waals surface area contributed by atoms with Crippen LogP contribution in [0.25, 0.3) is 10.9 Å². The summed E-state index contributed by atoms with van der Waals surface area (Å²) in [7, 11) is 0. The van der Waals surface area contributed by atoms with E-state index >= 15 is 0 Å². The first-order chi connectivity index (χ1) is 16.6. The molecule has 5 aromatic rings. The van der Waals surface area contributed by atoms with Crippen LogP contribution < -0.4 is 16.0 Å². The molecule has 0 bridgehead atoms. The zero-order chi connectivity index (χ0) is 23.3. The van der Waals surface area contributed by atoms with E-state index in [0.717, 1.165) is 43.8 Å². The largest absolute Gasteiger partial charge is 0.355 e. The summed E-state index contributed by atoms with van der Waals surface area (Å²) in [6, 6.07) is 26.6. The van der Waals surface area contributed by atoms with Crippen LogP contribution in [0.4, 0.5) is 28.4 Å². The van der Waals surface area contributed by atoms with Crippen molar-refractivity contribution < 1.29 is 4.79 Å². The van der Waals surface area contributed by atoms with Crippen molar-refractivity contribution in [2.75, 3.05) is 16.0 Å². The summed E-state index contributed by atoms with van der Waals surface area (Å²) in [5.74, 6) is -0.167. The van der Waals surface area contributed by atoms with Gasteiger partial charge in [-0.2, -0.15) is 0 Å². The van der Waals surface area contributed by atoms with E-state index < -0.39 is 0 Å². The number of hydrogen-bond donors (Lipinski definition) is 3. The van der Waals surface area contributed by atoms with E-state index in [1.807, 2.05) is 72.8 Å². The molecule has 0 aliphatic carbocycles. The Bertz CT molecular complexity index is 1440. The summed E-state index contributed by atoms with van der Waals surface area (Å²) in [5, 5.41) is 10.7. The number of aromatic nitrogens is 2. The maximum absolute atomic E-state index is 12.7. The van der Waals surface area contributed by atoms with Gasteiger partial charge in [-0.15, -0.1) is 0 Å². The number of carbonyl (C=O) groups is 1. The van der Waals surface area contributed by atoms with Crippen molar-refractivity contribution in [3.8, 4) is 0 Å². The highest BCUT2D eigenvalue weighted by Gasteiger charge is 2.08. The lowest BCUT2D eigenvalue weighted by atomic mass is 10.1. The van der Waals surface area contributed by atoms with Crippen LogP contribution >= 0.6 is 15.9 Å². The van der Waals surface area contributed by atoms with Gasteiger partial charge >= 0.3 is 0 Å². The van der Waals surface area contributed by atoms with Gasteiger partial charge in [0.05, 0.1) is 5.52 Å². The number of hydrogen-bond acceptors (Lipinski definition) is 5. The quantitative estimate of drug-likeness (QED) is 0.227. The Morgan fingerprint density at radius 1 is 0.676 bits per heavy atom. The Morgan fingerprint density at radius 3 is 2.09 bits per heavy atom. The molecule has 34 heavy (non-hydrogen) atoms. The minimum atomic E-state index is -0.167. The Kier molecular flexibility index (Phi) is 6.18. The molecule has 0 saturated heterocycles. The Morgan fingerprint density at radius 2 is 1.32 bits per heavy atom. The lowest BCUT2D eigenvalue weighted by Crippen LogP contribution is -2.11. The smallest absolute Gasteiger partial charge is 0.255 e. The highest BCUT2D eigenvalue weighted by atomic mass is 79.9. The predicted octanol–water partition coefficient (Wildman–Crippen LogP) is 7.13. The van der Waals surface area contributed by atoms with Gasteiger partial charge in [0.15, 0.2) is 0 Å². The van der Waals surface area contributed by atoms with Crippen molar-refractivity contribution in [2.45, 2.75) is 0 Å². The highest BCUT2D eigenvalue weighted by molar-refractivity contribution is 9.10. The highest BCUT2D eigenvalue weighted by Crippen LogP contribution is 2.28. The van der Waals surface area contributed by atoms with E-state index in [4.69, 9.17) is 0 Å². The molecular weight excluding hydrogens is 490 g/mol. The second-order valence-corrected chi connectivity index (χ2v) is 8.53. The number of fused-ring (bicyclic) bond motifs is 1. The van der Waals surface area contributed by atoms with Crippen molar-refractivity contribution >= 4 is 61.2 Å². The van der Waals surface area contributed by atoms with Gasteiger partial charge in [0.1, 0.15) is 0 Å². The van der Waals surface area contributed by atoms with Crippen LogP contribution in [0.5, 0.6) is 0 Å². The van der Waals surface area contributed by atoms with Crippen LogP contribution in [0.2, 0.25) is 0 Å². The molecule has 3 aromatic carbocycles. The molecule has 1 amide bonds. The maximum atomic E-state index is 12.7. The average molecular weight is 510 g/mol. The van der Waals surface area contributed by atoms with Crippen LogP contribution in [0, 0.1) is 0 Å². The SMILES string of the molecule is O=C(Nc1ccc(Nc2ccncc2)cc1)c1ccc(Nc2ccnc3ccc(Br)cc23)cc1. The lowest BCUT2D eigenvalue weighted by molar-refractivity contribution is 0.102. The third kappa shape index (κ3) is 5.05. The van der Waals surface area contributed by atoms with Crippen molar-refractivity contribution in [3.05, 3.63) is 114 Å². The van der Waals surface area contributed by atoms with E-state index in [0.29, 0.717) is 5.56 Å². The Balaban J connectivity index is 1.24. The van der Waals surface area contributed by atoms with E-state index in [1.54, 1.807) is 30.7 Å². The van der Waals surface area contributed by atoms with E-state index in [-0.39, 0.29) is 5.91 Å². The zero-order valence-electron chi connectivity index (χ0n) is 18.0. The monoisotopic (exact) mass is 509 g/mol. The number of nitrogens with one attached hydrogen (secondary N) is 3. The maximum Gasteiger partial charge on any atom is 0.255 e. The number of pyridine rings is 2. The molecule has 2 heterocycles. The van der Waals surface area contributed by atoms with E-state index in [9.17, 15) is 4.79 Å². The molecule has 0 unspecified atom stereocenters. The fourth-order valence-corrected chi connectivity index (χ4v) is 3.89. The molecule has 5 rings (SSSR count). The third-order valence-electron chi connectivity index (χ3n) is 5.24. The van der Waals surface area contributed by atoms with E-state index in [1.165, 1.54) is 0 Å². The molecule has 0 saturated carbocycles. The number of anilines is 5. The lowest BCUT2D eigenvalue weighted by Gasteiger charge is -2.11. The Labute approximate surface area is 205 Å². The van der Waals surface area contributed by atoms with Crippen LogP contribution in [0.1, 0.15) is 10.4 Å². The first kappa shape index (κ1) is 21.6. The number of carbonyl (C=O) groups excluding carboxylic acids is 1. The van der Waals surface area contributed by atoms with Crippen molar-refractivity contribution in [2.24, 2.45) is 0 Å². The number of rotatable bonds is 6. The second-order valence-electron chi connectivity index (χ2n) is 7.61. The molecule has 0 radical (unpaired) electrons. The molecule has 2 aromatic heterocycles. The second kappa shape index (κ2) is 9.72. The fraction of sp³-hybridized carbons (Fsp3) is 0. The molecular formula is C27H20BrN5O. The molecule has 0 fully saturated rings. The predicted molar refractivity (Wildman–Crippen MR) is 141 cm³/mol. The molecule has 3 N–H and O–H groups in total. The zero-order valence-corrected chi connectivity index (χ0v) is 19.6. The van der Waals surface area contributed by atoms with Gasteiger partial charge in [-0.05, 0) is 84.9 Å². The van der Waals surface area contributed by atoms with Gasteiger partial charge in [-0.25, -0.2) is 0 Å². The molecule has 0 aliphatic heterocycles. The summed E-state index contributed by atoms with van der Waals surface area (Å²) < 4.78 is 0.990. The van der Waals surface area contributed by atoms with Crippen LogP contribution in [-0.4, -0.2) is 15.9 Å². The number of halogens is 1. The third-order valence-corrected chi connectivity index (χ3v) is 5.73. The molecule has 166 valence electrons. The number of benzene rings is 3. The summed E-state index contributed by atoms with van der Waals surface area (Å²) >= 11 is 3.52. The normalized spacial score (nSPS) is 10.6. The summed E-state index contributed by atoms with van der Waals surface area (Å²) in [6.45, 7) is 0. The average Bonchev–Trinajstić information content (AvgIpc) is 2.87. The first-order valence-corrected chi connectivity index (χ1v) is 11.4. The van der Waals surface area contributed by atoms with Gasteiger partial charge in [0, 0.05) is 62.4 Å². The molecule has 6 nitrogen and oxygen atoms in total. The Hall–Kier alpha value is -4.23. The summed E-state index contributed by atoms with van der Waals surface area (Å²) in [6.07, 6.45) is 5.24. The minimum Gasteiger partial charge on any atom is -0.355 e. The standard InChI is InChI=1S/C27H20BrN5O/c28-19-3-10-25-24(17-19)26(13-16-30-25)32-21-4-1-18(2-5-21)27(34)33-22-8-6-20(7-9-22)31-23-11-14-29-15-12-23/h1-17H,(H,29,31)(H,30,32)(H,33,34). The molecule has 0 spiro atoms. The fourth-order valence-electron chi connectivity index (χ4n) is 3.53. The van der Waals surface area contributed by atoms with Gasteiger partial charge < -0.3 is 16.0 Å². The minimum absolute atomic E-state index is 0.167. The van der Waals surface area contributed by atoms with Gasteiger partial charge in [0.25, 0.3) is 5.91 Å². The van der Waals surface area contributed by atoms with Gasteiger partial charge in [0.2, 0.25) is 0 Å². The summed E-state index contributed by atoms with van der Waals surface area (Å²) in [5.41, 5.74) is 5.92. The molecule has 7 heteroatoms. The van der Waals surface area contributed by atoms with Crippen LogP contribution in [-0.2, 0) is 0 Å². The molecule has 0 atom stereocenters. The van der Waals surface area contributed by atoms with Gasteiger partial charge in [-0.1, -0.05) is 15.9 Å². The topological polar surface area (TPSA) is 78.9 Å². The summed E-state index contributed by atoms with van der Waals surface area (Å²) in [4.78, 5) is 21.1. The van der Waals surface area contributed by atoms with Crippen molar-refractivity contribution in [3.63, 3.8) is 0 Å². The van der Waals surface area contributed by atoms with Crippen LogP contribution in [0.3, 0.4) is 0 Å². The first-order valence-electron chi connectivity index (χ1n) is 10.6.